The molecule has 0 aromatic carbocycles. The van der Waals surface area contributed by atoms with Gasteiger partial charge in [-0.25, -0.2) is 0 Å². The van der Waals surface area contributed by atoms with Crippen LogP contribution in [0.1, 0.15) is 70.6 Å². The molecule has 0 aromatic heterocycles. The van der Waals surface area contributed by atoms with Gasteiger partial charge in [-0.3, -0.25) is 0 Å². The van der Waals surface area contributed by atoms with Gasteiger partial charge in [0.15, 0.2) is 0 Å². The summed E-state index contributed by atoms with van der Waals surface area (Å²) in [4.78, 5) is 0. The minimum absolute atomic E-state index is 0.398. The molecule has 0 heterocycles. The fourth-order valence-corrected chi connectivity index (χ4v) is 6.13. The topological polar surface area (TPSA) is 32.3 Å². The Morgan fingerprint density at radius 3 is 1.90 bits per heavy atom. The maximum absolute atomic E-state index is 10.8. The van der Waals surface area contributed by atoms with E-state index in [4.69, 9.17) is 0 Å². The van der Waals surface area contributed by atoms with Gasteiger partial charge in [0.1, 0.15) is 0 Å². The van der Waals surface area contributed by atoms with E-state index in [9.17, 15) is 5.11 Å². The quantitative estimate of drug-likeness (QED) is 0.774. The van der Waals surface area contributed by atoms with Crippen LogP contribution in [-0.4, -0.2) is 23.3 Å². The lowest BCUT2D eigenvalue weighted by Gasteiger charge is -2.55. The van der Waals surface area contributed by atoms with Crippen molar-refractivity contribution in [2.24, 2.45) is 23.7 Å². The van der Waals surface area contributed by atoms with Crippen molar-refractivity contribution in [1.29, 1.82) is 0 Å². The number of nitrogens with one attached hydrogen (secondary N) is 1. The highest BCUT2D eigenvalue weighted by Gasteiger charge is 2.48. The van der Waals surface area contributed by atoms with Crippen molar-refractivity contribution in [1.82, 2.24) is 5.32 Å². The fourth-order valence-electron chi connectivity index (χ4n) is 6.13. The molecule has 5 fully saturated rings. The Labute approximate surface area is 123 Å². The number of hydrogen-bond donors (Lipinski definition) is 2. The molecule has 5 aliphatic rings. The van der Waals surface area contributed by atoms with Crippen LogP contribution in [0, 0.1) is 23.7 Å². The van der Waals surface area contributed by atoms with E-state index < -0.39 is 5.60 Å². The summed E-state index contributed by atoms with van der Waals surface area (Å²) in [6.45, 7) is 0.861. The van der Waals surface area contributed by atoms with Crippen molar-refractivity contribution in [2.45, 2.75) is 82.3 Å². The van der Waals surface area contributed by atoms with E-state index in [1.54, 1.807) is 0 Å². The molecule has 0 aromatic rings. The molecule has 0 unspecified atom stereocenters. The first kappa shape index (κ1) is 13.6. The van der Waals surface area contributed by atoms with Gasteiger partial charge in [0.05, 0.1) is 5.60 Å². The highest BCUT2D eigenvalue weighted by atomic mass is 16.3. The molecule has 5 saturated carbocycles. The smallest absolute Gasteiger partial charge is 0.0771 e. The van der Waals surface area contributed by atoms with E-state index in [-0.39, 0.29) is 0 Å². The summed E-state index contributed by atoms with van der Waals surface area (Å²) >= 11 is 0. The van der Waals surface area contributed by atoms with Crippen LogP contribution in [0.5, 0.6) is 0 Å². The van der Waals surface area contributed by atoms with E-state index in [2.05, 4.69) is 5.32 Å². The second kappa shape index (κ2) is 5.28. The lowest BCUT2D eigenvalue weighted by atomic mass is 9.54. The van der Waals surface area contributed by atoms with Crippen molar-refractivity contribution >= 4 is 0 Å². The molecule has 4 bridgehead atoms. The molecule has 2 nitrogen and oxygen atoms in total. The lowest BCUT2D eigenvalue weighted by molar-refractivity contribution is -0.0315. The van der Waals surface area contributed by atoms with Gasteiger partial charge >= 0.3 is 0 Å². The molecule has 5 aliphatic carbocycles. The molecule has 0 saturated heterocycles. The minimum atomic E-state index is -0.398. The fraction of sp³-hybridized carbons (Fsp3) is 1.00. The summed E-state index contributed by atoms with van der Waals surface area (Å²) in [7, 11) is 0. The molecule has 2 N–H and O–H groups in total. The maximum Gasteiger partial charge on any atom is 0.0771 e. The predicted molar refractivity (Wildman–Crippen MR) is 81.5 cm³/mol. The van der Waals surface area contributed by atoms with Crippen molar-refractivity contribution in [3.63, 3.8) is 0 Å². The predicted octanol–water partition coefficient (Wildman–Crippen LogP) is 3.49. The van der Waals surface area contributed by atoms with Crippen molar-refractivity contribution < 1.29 is 5.11 Å². The monoisotopic (exact) mass is 277 g/mol. The number of rotatable bonds is 3. The standard InChI is InChI=1S/C18H31NO/c20-18(5-3-1-2-4-6-18)12-19-17-15-8-13-7-14(10-15)11-16(17)9-13/h13-17,19-20H,1-12H2. The molecule has 114 valence electrons. The zero-order valence-electron chi connectivity index (χ0n) is 12.8. The summed E-state index contributed by atoms with van der Waals surface area (Å²) in [5.74, 6) is 3.97. The van der Waals surface area contributed by atoms with Crippen LogP contribution in [0.25, 0.3) is 0 Å². The second-order valence-corrected chi connectivity index (χ2v) is 8.48. The van der Waals surface area contributed by atoms with Crippen molar-refractivity contribution in [3.05, 3.63) is 0 Å². The van der Waals surface area contributed by atoms with Gasteiger partial charge in [-0.2, -0.15) is 0 Å². The first-order valence-corrected chi connectivity index (χ1v) is 9.18. The van der Waals surface area contributed by atoms with Crippen LogP contribution in [0.4, 0.5) is 0 Å². The van der Waals surface area contributed by atoms with Gasteiger partial charge in [0, 0.05) is 12.6 Å². The van der Waals surface area contributed by atoms with E-state index in [0.717, 1.165) is 49.1 Å². The van der Waals surface area contributed by atoms with Crippen molar-refractivity contribution in [3.8, 4) is 0 Å². The molecule has 0 aliphatic heterocycles. The SMILES string of the molecule is OC1(CNC2C3CC4CC(C3)CC2C4)CCCCCC1. The Kier molecular flexibility index (Phi) is 3.58. The molecule has 0 radical (unpaired) electrons. The van der Waals surface area contributed by atoms with Gasteiger partial charge in [0.25, 0.3) is 0 Å². The van der Waals surface area contributed by atoms with E-state index >= 15 is 0 Å². The van der Waals surface area contributed by atoms with Gasteiger partial charge in [-0.1, -0.05) is 25.7 Å². The third kappa shape index (κ3) is 2.54. The molecular weight excluding hydrogens is 246 g/mol. The van der Waals surface area contributed by atoms with Gasteiger partial charge in [0.2, 0.25) is 0 Å². The summed E-state index contributed by atoms with van der Waals surface area (Å²) in [6.07, 6.45) is 14.6. The summed E-state index contributed by atoms with van der Waals surface area (Å²) in [5.41, 5.74) is -0.398. The summed E-state index contributed by atoms with van der Waals surface area (Å²) in [5, 5.41) is 14.7. The van der Waals surface area contributed by atoms with Gasteiger partial charge in [-0.15, -0.1) is 0 Å². The van der Waals surface area contributed by atoms with Gasteiger partial charge < -0.3 is 10.4 Å². The minimum Gasteiger partial charge on any atom is -0.389 e. The average Bonchev–Trinajstić information content (AvgIpc) is 2.62. The normalized spacial score (nSPS) is 46.4. The van der Waals surface area contributed by atoms with Gasteiger partial charge in [-0.05, 0) is 68.6 Å². The highest BCUT2D eigenvalue weighted by molar-refractivity contribution is 5.02. The summed E-state index contributed by atoms with van der Waals surface area (Å²) < 4.78 is 0. The molecule has 20 heavy (non-hydrogen) atoms. The molecular formula is C18H31NO. The van der Waals surface area contributed by atoms with Crippen LogP contribution >= 0.6 is 0 Å². The van der Waals surface area contributed by atoms with E-state index in [1.807, 2.05) is 0 Å². The third-order valence-electron chi connectivity index (χ3n) is 6.93. The Morgan fingerprint density at radius 1 is 0.800 bits per heavy atom. The Morgan fingerprint density at radius 2 is 1.35 bits per heavy atom. The molecule has 2 heteroatoms. The highest BCUT2D eigenvalue weighted by Crippen LogP contribution is 2.53. The second-order valence-electron chi connectivity index (χ2n) is 8.48. The Bertz CT molecular complexity index is 317. The maximum atomic E-state index is 10.8. The Balaban J connectivity index is 1.37. The van der Waals surface area contributed by atoms with Crippen LogP contribution < -0.4 is 5.32 Å². The zero-order chi connectivity index (χ0) is 13.6. The van der Waals surface area contributed by atoms with Crippen LogP contribution in [-0.2, 0) is 0 Å². The van der Waals surface area contributed by atoms with Crippen molar-refractivity contribution in [2.75, 3.05) is 6.54 Å². The van der Waals surface area contributed by atoms with Crippen LogP contribution in [0.15, 0.2) is 0 Å². The average molecular weight is 277 g/mol. The first-order valence-electron chi connectivity index (χ1n) is 9.18. The van der Waals surface area contributed by atoms with Crippen LogP contribution in [0.3, 0.4) is 0 Å². The summed E-state index contributed by atoms with van der Waals surface area (Å²) in [6, 6.07) is 0.732. The molecule has 0 amide bonds. The largest absolute Gasteiger partial charge is 0.389 e. The van der Waals surface area contributed by atoms with E-state index in [0.29, 0.717) is 0 Å². The number of aliphatic hydroxyl groups is 1. The van der Waals surface area contributed by atoms with Crippen LogP contribution in [0.2, 0.25) is 0 Å². The Hall–Kier alpha value is -0.0800. The first-order chi connectivity index (χ1) is 9.72. The molecule has 0 spiro atoms. The third-order valence-corrected chi connectivity index (χ3v) is 6.93. The number of hydrogen-bond acceptors (Lipinski definition) is 2. The lowest BCUT2D eigenvalue weighted by Crippen LogP contribution is -2.57. The zero-order valence-corrected chi connectivity index (χ0v) is 12.8. The molecule has 0 atom stereocenters. The molecule has 5 rings (SSSR count). The van der Waals surface area contributed by atoms with E-state index in [1.165, 1.54) is 57.8 Å².